The Morgan fingerprint density at radius 2 is 2.22 bits per heavy atom. The molecule has 0 saturated carbocycles. The van der Waals surface area contributed by atoms with E-state index in [0.717, 1.165) is 35.6 Å². The summed E-state index contributed by atoms with van der Waals surface area (Å²) in [5.74, 6) is 1.13. The van der Waals surface area contributed by atoms with Gasteiger partial charge in [0.05, 0.1) is 17.4 Å². The van der Waals surface area contributed by atoms with E-state index in [4.69, 9.17) is 0 Å². The van der Waals surface area contributed by atoms with Crippen LogP contribution in [-0.2, 0) is 6.42 Å². The summed E-state index contributed by atoms with van der Waals surface area (Å²) in [6, 6.07) is 2.33. The first kappa shape index (κ1) is 10.9. The van der Waals surface area contributed by atoms with Crippen LogP contribution < -0.4 is 9.80 Å². The molecule has 3 heterocycles. The van der Waals surface area contributed by atoms with E-state index in [0.29, 0.717) is 0 Å². The lowest BCUT2D eigenvalue weighted by molar-refractivity contribution is 0.943. The number of likely N-dealkylation sites (N-methyl/N-ethyl adjacent to an activating group) is 1. The summed E-state index contributed by atoms with van der Waals surface area (Å²) in [5.41, 5.74) is 3.92. The number of imidazole rings is 1. The van der Waals surface area contributed by atoms with E-state index in [-0.39, 0.29) is 0 Å². The maximum Gasteiger partial charge on any atom is 0.119 e. The third-order valence-corrected chi connectivity index (χ3v) is 3.53. The zero-order valence-corrected chi connectivity index (χ0v) is 10.8. The van der Waals surface area contributed by atoms with Gasteiger partial charge >= 0.3 is 0 Å². The van der Waals surface area contributed by atoms with Crippen LogP contribution >= 0.6 is 0 Å². The molecule has 0 bridgehead atoms. The molecule has 0 saturated heterocycles. The second-order valence-corrected chi connectivity index (χ2v) is 4.85. The van der Waals surface area contributed by atoms with Gasteiger partial charge < -0.3 is 9.80 Å². The summed E-state index contributed by atoms with van der Waals surface area (Å²) < 4.78 is 2.01. The van der Waals surface area contributed by atoms with Crippen molar-refractivity contribution < 1.29 is 0 Å². The molecule has 0 fully saturated rings. The van der Waals surface area contributed by atoms with Crippen molar-refractivity contribution in [3.8, 4) is 6.07 Å². The average molecular weight is 241 g/mol. The molecule has 5 heteroatoms. The molecule has 18 heavy (non-hydrogen) atoms. The van der Waals surface area contributed by atoms with Gasteiger partial charge in [-0.3, -0.25) is 4.40 Å². The van der Waals surface area contributed by atoms with Crippen molar-refractivity contribution in [3.05, 3.63) is 23.7 Å². The molecule has 1 aliphatic rings. The maximum absolute atomic E-state index is 9.43. The highest BCUT2D eigenvalue weighted by Gasteiger charge is 2.27. The minimum Gasteiger partial charge on any atom is -0.373 e. The fraction of sp³-hybridized carbons (Fsp3) is 0.385. The summed E-state index contributed by atoms with van der Waals surface area (Å²) >= 11 is 0. The molecule has 0 spiro atoms. The number of fused-ring (bicyclic) bond motifs is 2. The summed E-state index contributed by atoms with van der Waals surface area (Å²) in [6.45, 7) is 0.964. The van der Waals surface area contributed by atoms with Crippen molar-refractivity contribution in [2.45, 2.75) is 6.42 Å². The van der Waals surface area contributed by atoms with Gasteiger partial charge in [-0.05, 0) is 6.42 Å². The Morgan fingerprint density at radius 1 is 1.44 bits per heavy atom. The summed E-state index contributed by atoms with van der Waals surface area (Å²) in [4.78, 5) is 8.44. The summed E-state index contributed by atoms with van der Waals surface area (Å²) in [7, 11) is 6.10. The van der Waals surface area contributed by atoms with Crippen LogP contribution in [0.3, 0.4) is 0 Å². The molecular formula is C13H15N5. The van der Waals surface area contributed by atoms with E-state index < -0.39 is 0 Å². The van der Waals surface area contributed by atoms with Crippen molar-refractivity contribution >= 4 is 17.0 Å². The van der Waals surface area contributed by atoms with E-state index in [1.807, 2.05) is 25.5 Å². The highest BCUT2D eigenvalue weighted by atomic mass is 15.2. The molecule has 0 atom stereocenters. The molecular weight excluding hydrogens is 226 g/mol. The van der Waals surface area contributed by atoms with Gasteiger partial charge in [0, 0.05) is 33.3 Å². The first-order valence-electron chi connectivity index (χ1n) is 5.94. The Morgan fingerprint density at radius 3 is 2.89 bits per heavy atom. The SMILES string of the molecule is CN(C)c1c2c(c(C#N)c3cncn13)N(C)CC2. The molecule has 0 unspecified atom stereocenters. The van der Waals surface area contributed by atoms with Crippen molar-refractivity contribution in [2.24, 2.45) is 0 Å². The Bertz CT molecular complexity index is 662. The number of nitrogens with zero attached hydrogens (tertiary/aromatic N) is 5. The quantitative estimate of drug-likeness (QED) is 0.754. The number of hydrogen-bond acceptors (Lipinski definition) is 4. The summed E-state index contributed by atoms with van der Waals surface area (Å²) in [5, 5.41) is 9.43. The number of anilines is 2. The number of pyridine rings is 1. The lowest BCUT2D eigenvalue weighted by Crippen LogP contribution is -2.17. The predicted octanol–water partition coefficient (Wildman–Crippen LogP) is 1.26. The predicted molar refractivity (Wildman–Crippen MR) is 71.2 cm³/mol. The molecule has 0 aliphatic carbocycles. The third-order valence-electron chi connectivity index (χ3n) is 3.53. The molecule has 1 aliphatic heterocycles. The van der Waals surface area contributed by atoms with Crippen LogP contribution in [0.15, 0.2) is 12.5 Å². The molecule has 0 radical (unpaired) electrons. The fourth-order valence-corrected chi connectivity index (χ4v) is 2.81. The number of rotatable bonds is 1. The Labute approximate surface area is 106 Å². The first-order valence-corrected chi connectivity index (χ1v) is 5.94. The first-order chi connectivity index (χ1) is 8.65. The van der Waals surface area contributed by atoms with Gasteiger partial charge in [-0.2, -0.15) is 5.26 Å². The van der Waals surface area contributed by atoms with Crippen molar-refractivity contribution in [3.63, 3.8) is 0 Å². The highest BCUT2D eigenvalue weighted by Crippen LogP contribution is 2.39. The fourth-order valence-electron chi connectivity index (χ4n) is 2.81. The zero-order valence-electron chi connectivity index (χ0n) is 10.8. The number of nitriles is 1. The Kier molecular flexibility index (Phi) is 2.20. The minimum absolute atomic E-state index is 0.730. The Balaban J connectivity index is 2.49. The van der Waals surface area contributed by atoms with Gasteiger partial charge in [0.15, 0.2) is 0 Å². The maximum atomic E-state index is 9.43. The number of hydrogen-bond donors (Lipinski definition) is 0. The largest absolute Gasteiger partial charge is 0.373 e. The lowest BCUT2D eigenvalue weighted by atomic mass is 10.1. The monoisotopic (exact) mass is 241 g/mol. The molecule has 2 aromatic rings. The smallest absolute Gasteiger partial charge is 0.119 e. The van der Waals surface area contributed by atoms with Crippen molar-refractivity contribution in [1.82, 2.24) is 9.38 Å². The van der Waals surface area contributed by atoms with Gasteiger partial charge in [-0.25, -0.2) is 4.98 Å². The van der Waals surface area contributed by atoms with Crippen molar-refractivity contribution in [2.75, 3.05) is 37.5 Å². The van der Waals surface area contributed by atoms with Gasteiger partial charge in [0.1, 0.15) is 23.8 Å². The molecule has 2 aromatic heterocycles. The third kappa shape index (κ3) is 1.23. The molecule has 5 nitrogen and oxygen atoms in total. The second kappa shape index (κ2) is 3.64. The van der Waals surface area contributed by atoms with Crippen molar-refractivity contribution in [1.29, 1.82) is 5.26 Å². The van der Waals surface area contributed by atoms with Gasteiger partial charge in [-0.15, -0.1) is 0 Å². The second-order valence-electron chi connectivity index (χ2n) is 4.85. The highest BCUT2D eigenvalue weighted by molar-refractivity contribution is 5.83. The van der Waals surface area contributed by atoms with E-state index in [2.05, 4.69) is 20.9 Å². The zero-order chi connectivity index (χ0) is 12.9. The van der Waals surface area contributed by atoms with Crippen LogP contribution in [0.5, 0.6) is 0 Å². The van der Waals surface area contributed by atoms with E-state index >= 15 is 0 Å². The average Bonchev–Trinajstić information content (AvgIpc) is 2.93. The van der Waals surface area contributed by atoms with Gasteiger partial charge in [-0.1, -0.05) is 0 Å². The van der Waals surface area contributed by atoms with Crippen LogP contribution in [-0.4, -0.2) is 37.1 Å². The van der Waals surface area contributed by atoms with Crippen LogP contribution in [0.25, 0.3) is 5.52 Å². The lowest BCUT2D eigenvalue weighted by Gasteiger charge is -2.21. The van der Waals surface area contributed by atoms with Gasteiger partial charge in [0.2, 0.25) is 0 Å². The topological polar surface area (TPSA) is 47.6 Å². The van der Waals surface area contributed by atoms with E-state index in [9.17, 15) is 5.26 Å². The van der Waals surface area contributed by atoms with E-state index in [1.165, 1.54) is 5.56 Å². The molecule has 0 aromatic carbocycles. The van der Waals surface area contributed by atoms with Gasteiger partial charge in [0.25, 0.3) is 0 Å². The molecule has 92 valence electrons. The normalized spacial score (nSPS) is 13.8. The van der Waals surface area contributed by atoms with Crippen LogP contribution in [0.4, 0.5) is 11.5 Å². The minimum atomic E-state index is 0.730. The molecule has 0 N–H and O–H groups in total. The summed E-state index contributed by atoms with van der Waals surface area (Å²) in [6.07, 6.45) is 4.52. The molecule has 0 amide bonds. The van der Waals surface area contributed by atoms with E-state index in [1.54, 1.807) is 12.5 Å². The standard InChI is InChI=1S/C13H15N5/c1-16(2)13-9-4-5-17(3)12(9)10(6-14)11-7-15-8-18(11)13/h7-8H,4-5H2,1-3H3. The van der Waals surface area contributed by atoms with Crippen LogP contribution in [0, 0.1) is 11.3 Å². The van der Waals surface area contributed by atoms with Crippen LogP contribution in [0.1, 0.15) is 11.1 Å². The number of aromatic nitrogens is 2. The van der Waals surface area contributed by atoms with Crippen LogP contribution in [0.2, 0.25) is 0 Å². The molecule has 3 rings (SSSR count). The Hall–Kier alpha value is -2.22.